The summed E-state index contributed by atoms with van der Waals surface area (Å²) in [5.41, 5.74) is 1.91. The van der Waals surface area contributed by atoms with Crippen LogP contribution in [0.3, 0.4) is 0 Å². The molecule has 0 fully saturated rings. The summed E-state index contributed by atoms with van der Waals surface area (Å²) in [6.07, 6.45) is 1.50. The number of aromatic nitrogens is 2. The van der Waals surface area contributed by atoms with E-state index in [1.165, 1.54) is 6.26 Å². The predicted molar refractivity (Wildman–Crippen MR) is 105 cm³/mol. The van der Waals surface area contributed by atoms with E-state index in [4.69, 9.17) is 9.15 Å². The number of ether oxygens (including phenoxy) is 1. The monoisotopic (exact) mass is 412 g/mol. The molecular formula is C20H20N4O6. The molecule has 0 aliphatic heterocycles. The zero-order chi connectivity index (χ0) is 21.7. The summed E-state index contributed by atoms with van der Waals surface area (Å²) in [4.78, 5) is 34.5. The molecule has 0 bridgehead atoms. The molecule has 0 spiro atoms. The van der Waals surface area contributed by atoms with E-state index in [1.807, 2.05) is 0 Å². The van der Waals surface area contributed by atoms with Crippen LogP contribution in [0, 0.1) is 24.0 Å². The van der Waals surface area contributed by atoms with Crippen LogP contribution < -0.4 is 5.32 Å². The van der Waals surface area contributed by atoms with Crippen LogP contribution in [0.4, 0.5) is 5.69 Å². The van der Waals surface area contributed by atoms with E-state index in [0.717, 1.165) is 5.56 Å². The highest BCUT2D eigenvalue weighted by molar-refractivity contribution is 5.91. The minimum atomic E-state index is -0.628. The van der Waals surface area contributed by atoms with E-state index in [0.29, 0.717) is 23.7 Å². The summed E-state index contributed by atoms with van der Waals surface area (Å²) in [6, 6.07) is 9.97. The molecule has 0 unspecified atom stereocenters. The van der Waals surface area contributed by atoms with Crippen molar-refractivity contribution < 1.29 is 23.7 Å². The molecule has 0 aliphatic rings. The molecule has 1 N–H and O–H groups in total. The smallest absolute Gasteiger partial charge is 0.338 e. The number of hydrogen-bond acceptors (Lipinski definition) is 7. The van der Waals surface area contributed by atoms with Crippen LogP contribution >= 0.6 is 0 Å². The molecule has 0 aliphatic carbocycles. The number of nitrogens with zero attached hydrogens (tertiary/aromatic N) is 3. The molecule has 156 valence electrons. The molecule has 3 aromatic rings. The van der Waals surface area contributed by atoms with E-state index in [1.54, 1.807) is 54.9 Å². The van der Waals surface area contributed by atoms with Crippen molar-refractivity contribution in [1.82, 2.24) is 15.1 Å². The van der Waals surface area contributed by atoms with Crippen molar-refractivity contribution in [2.45, 2.75) is 26.9 Å². The van der Waals surface area contributed by atoms with E-state index in [-0.39, 0.29) is 17.8 Å². The zero-order valence-corrected chi connectivity index (χ0v) is 16.5. The molecule has 1 aromatic carbocycles. The Balaban J connectivity index is 1.53. The van der Waals surface area contributed by atoms with Gasteiger partial charge in [0.1, 0.15) is 17.1 Å². The first kappa shape index (κ1) is 20.8. The Hall–Kier alpha value is -3.95. The number of carbonyl (C=O) groups excluding carboxylic acids is 2. The number of carbonyl (C=O) groups is 2. The third-order valence-corrected chi connectivity index (χ3v) is 4.42. The summed E-state index contributed by atoms with van der Waals surface area (Å²) in [6.45, 7) is 3.36. The maximum atomic E-state index is 12.1. The Morgan fingerprint density at radius 3 is 2.57 bits per heavy atom. The molecule has 10 heteroatoms. The first-order chi connectivity index (χ1) is 14.3. The SMILES string of the molecule is Cc1nn(Cc2ccc(C(=O)OCC(=O)NCc3ccco3)cc2)c(C)c1[N+](=O)[O-]. The van der Waals surface area contributed by atoms with Gasteiger partial charge in [0.25, 0.3) is 5.91 Å². The van der Waals surface area contributed by atoms with Gasteiger partial charge in [0.05, 0.1) is 29.8 Å². The lowest BCUT2D eigenvalue weighted by Crippen LogP contribution is -2.28. The molecule has 0 radical (unpaired) electrons. The van der Waals surface area contributed by atoms with Crippen LogP contribution in [0.15, 0.2) is 47.1 Å². The molecule has 0 atom stereocenters. The number of furan rings is 1. The second-order valence-electron chi connectivity index (χ2n) is 6.56. The van der Waals surface area contributed by atoms with Crippen molar-refractivity contribution in [1.29, 1.82) is 0 Å². The number of benzene rings is 1. The first-order valence-electron chi connectivity index (χ1n) is 9.08. The Morgan fingerprint density at radius 2 is 1.97 bits per heavy atom. The van der Waals surface area contributed by atoms with Gasteiger partial charge in [-0.3, -0.25) is 19.6 Å². The van der Waals surface area contributed by atoms with Gasteiger partial charge in [0, 0.05) is 0 Å². The standard InChI is InChI=1S/C20H20N4O6/c1-13-19(24(27)28)14(2)23(22-13)11-15-5-7-16(8-6-15)20(26)30-12-18(25)21-10-17-4-3-9-29-17/h3-9H,10-12H2,1-2H3,(H,21,25). The van der Waals surface area contributed by atoms with Crippen LogP contribution in [-0.4, -0.2) is 33.2 Å². The Labute approximate surface area is 171 Å². The molecule has 30 heavy (non-hydrogen) atoms. The third-order valence-electron chi connectivity index (χ3n) is 4.42. The second kappa shape index (κ2) is 9.03. The van der Waals surface area contributed by atoms with E-state index < -0.39 is 23.4 Å². The summed E-state index contributed by atoms with van der Waals surface area (Å²) in [7, 11) is 0. The molecule has 0 saturated heterocycles. The molecule has 2 aromatic heterocycles. The first-order valence-corrected chi connectivity index (χ1v) is 9.08. The molecule has 0 saturated carbocycles. The minimum Gasteiger partial charge on any atom is -0.467 e. The van der Waals surface area contributed by atoms with Crippen LogP contribution in [0.25, 0.3) is 0 Å². The molecule has 3 rings (SSSR count). The second-order valence-corrected chi connectivity index (χ2v) is 6.56. The number of nitrogens with one attached hydrogen (secondary N) is 1. The van der Waals surface area contributed by atoms with Gasteiger partial charge in [-0.1, -0.05) is 12.1 Å². The Kier molecular flexibility index (Phi) is 6.26. The van der Waals surface area contributed by atoms with Crippen LogP contribution in [0.5, 0.6) is 0 Å². The summed E-state index contributed by atoms with van der Waals surface area (Å²) in [5, 5.41) is 17.9. The van der Waals surface area contributed by atoms with Gasteiger partial charge in [-0.2, -0.15) is 5.10 Å². The van der Waals surface area contributed by atoms with E-state index in [9.17, 15) is 19.7 Å². The van der Waals surface area contributed by atoms with Crippen LogP contribution in [0.2, 0.25) is 0 Å². The highest BCUT2D eigenvalue weighted by atomic mass is 16.6. The van der Waals surface area contributed by atoms with Crippen LogP contribution in [-0.2, 0) is 22.6 Å². The molecule has 2 heterocycles. The Morgan fingerprint density at radius 1 is 1.23 bits per heavy atom. The van der Waals surface area contributed by atoms with Crippen molar-refractivity contribution in [3.05, 3.63) is 81.1 Å². The lowest BCUT2D eigenvalue weighted by Gasteiger charge is -2.07. The largest absolute Gasteiger partial charge is 0.467 e. The minimum absolute atomic E-state index is 0.000483. The summed E-state index contributed by atoms with van der Waals surface area (Å²) in [5.74, 6) is -0.475. The fraction of sp³-hybridized carbons (Fsp3) is 0.250. The van der Waals surface area contributed by atoms with Gasteiger partial charge >= 0.3 is 11.7 Å². The lowest BCUT2D eigenvalue weighted by atomic mass is 10.1. The van der Waals surface area contributed by atoms with Crippen molar-refractivity contribution >= 4 is 17.6 Å². The van der Waals surface area contributed by atoms with Gasteiger partial charge in [-0.15, -0.1) is 0 Å². The number of amides is 1. The van der Waals surface area contributed by atoms with Crippen molar-refractivity contribution in [3.63, 3.8) is 0 Å². The van der Waals surface area contributed by atoms with Crippen molar-refractivity contribution in [2.75, 3.05) is 6.61 Å². The number of hydrogen-bond donors (Lipinski definition) is 1. The number of esters is 1. The van der Waals surface area contributed by atoms with Gasteiger partial charge < -0.3 is 14.5 Å². The maximum Gasteiger partial charge on any atom is 0.338 e. The average Bonchev–Trinajstić information content (AvgIpc) is 3.33. The van der Waals surface area contributed by atoms with Crippen molar-refractivity contribution in [3.8, 4) is 0 Å². The Bertz CT molecular complexity index is 1050. The van der Waals surface area contributed by atoms with Gasteiger partial charge in [-0.05, 0) is 43.7 Å². The zero-order valence-electron chi connectivity index (χ0n) is 16.5. The highest BCUT2D eigenvalue weighted by Gasteiger charge is 2.21. The highest BCUT2D eigenvalue weighted by Crippen LogP contribution is 2.22. The number of rotatable bonds is 8. The van der Waals surface area contributed by atoms with Gasteiger partial charge in [-0.25, -0.2) is 4.79 Å². The van der Waals surface area contributed by atoms with Gasteiger partial charge in [0.2, 0.25) is 0 Å². The fourth-order valence-corrected chi connectivity index (χ4v) is 2.89. The number of aryl methyl sites for hydroxylation is 1. The topological polar surface area (TPSA) is 130 Å². The van der Waals surface area contributed by atoms with E-state index >= 15 is 0 Å². The number of nitro groups is 1. The summed E-state index contributed by atoms with van der Waals surface area (Å²) < 4.78 is 11.7. The average molecular weight is 412 g/mol. The quantitative estimate of drug-likeness (QED) is 0.342. The fourth-order valence-electron chi connectivity index (χ4n) is 2.89. The summed E-state index contributed by atoms with van der Waals surface area (Å²) >= 11 is 0. The lowest BCUT2D eigenvalue weighted by molar-refractivity contribution is -0.386. The van der Waals surface area contributed by atoms with E-state index in [2.05, 4.69) is 10.4 Å². The molecule has 1 amide bonds. The normalized spacial score (nSPS) is 10.6. The predicted octanol–water partition coefficient (Wildman–Crippen LogP) is 2.52. The molecule has 10 nitrogen and oxygen atoms in total. The van der Waals surface area contributed by atoms with Crippen molar-refractivity contribution in [2.24, 2.45) is 0 Å². The maximum absolute atomic E-state index is 12.1. The van der Waals surface area contributed by atoms with Gasteiger partial charge in [0.15, 0.2) is 6.61 Å². The molecular weight excluding hydrogens is 392 g/mol. The third kappa shape index (κ3) is 4.90. The van der Waals surface area contributed by atoms with Crippen LogP contribution in [0.1, 0.15) is 33.1 Å².